The van der Waals surface area contributed by atoms with E-state index in [1.807, 2.05) is 10.9 Å². The van der Waals surface area contributed by atoms with Crippen molar-refractivity contribution < 1.29 is 4.74 Å². The van der Waals surface area contributed by atoms with Gasteiger partial charge in [0.05, 0.1) is 18.9 Å². The summed E-state index contributed by atoms with van der Waals surface area (Å²) in [6.07, 6.45) is 5.61. The van der Waals surface area contributed by atoms with Gasteiger partial charge in [0.1, 0.15) is 0 Å². The van der Waals surface area contributed by atoms with Crippen LogP contribution in [0.4, 0.5) is 0 Å². The van der Waals surface area contributed by atoms with Gasteiger partial charge in [-0.1, -0.05) is 6.92 Å². The summed E-state index contributed by atoms with van der Waals surface area (Å²) in [5.74, 6) is 0. The number of ether oxygens (including phenoxy) is 1. The molecule has 1 saturated heterocycles. The highest BCUT2D eigenvalue weighted by Crippen LogP contribution is 2.24. The van der Waals surface area contributed by atoms with Crippen molar-refractivity contribution in [2.24, 2.45) is 0 Å². The summed E-state index contributed by atoms with van der Waals surface area (Å²) < 4.78 is 7.78. The Hall–Kier alpha value is -0.870. The maximum absolute atomic E-state index is 5.74. The lowest BCUT2D eigenvalue weighted by Crippen LogP contribution is -2.54. The maximum atomic E-state index is 5.74. The van der Waals surface area contributed by atoms with Crippen molar-refractivity contribution >= 4 is 0 Å². The summed E-state index contributed by atoms with van der Waals surface area (Å²) >= 11 is 0. The third kappa shape index (κ3) is 3.12. The van der Waals surface area contributed by atoms with Crippen molar-refractivity contribution in [3.05, 3.63) is 18.0 Å². The van der Waals surface area contributed by atoms with E-state index < -0.39 is 0 Å². The molecule has 0 radical (unpaired) electrons. The van der Waals surface area contributed by atoms with Gasteiger partial charge in [0.15, 0.2) is 0 Å². The van der Waals surface area contributed by atoms with E-state index in [1.54, 1.807) is 0 Å². The molecule has 102 valence electrons. The molecule has 1 aromatic heterocycles. The van der Waals surface area contributed by atoms with Crippen molar-refractivity contribution in [2.75, 3.05) is 13.2 Å². The van der Waals surface area contributed by atoms with Crippen LogP contribution in [0, 0.1) is 0 Å². The lowest BCUT2D eigenvalue weighted by Gasteiger charge is -2.44. The van der Waals surface area contributed by atoms with Gasteiger partial charge in [-0.3, -0.25) is 9.58 Å². The van der Waals surface area contributed by atoms with Crippen LogP contribution < -0.4 is 0 Å². The first kappa shape index (κ1) is 13.6. The van der Waals surface area contributed by atoms with Gasteiger partial charge in [-0.2, -0.15) is 5.10 Å². The highest BCUT2D eigenvalue weighted by Gasteiger charge is 2.33. The number of hydrogen-bond donors (Lipinski definition) is 0. The fourth-order valence-electron chi connectivity index (χ4n) is 2.39. The molecule has 4 nitrogen and oxygen atoms in total. The standard InChI is InChI=1S/C14H25N3O/c1-5-6-17-10-13(7-15-17)9-16-8-12(2)18-11-14(16,3)4/h7,10,12H,5-6,8-9,11H2,1-4H3. The van der Waals surface area contributed by atoms with E-state index in [0.717, 1.165) is 32.7 Å². The number of aryl methyl sites for hydroxylation is 1. The van der Waals surface area contributed by atoms with Gasteiger partial charge in [0.25, 0.3) is 0 Å². The van der Waals surface area contributed by atoms with Crippen LogP contribution in [0.1, 0.15) is 39.7 Å². The van der Waals surface area contributed by atoms with Gasteiger partial charge in [-0.25, -0.2) is 0 Å². The van der Waals surface area contributed by atoms with Crippen LogP contribution in [-0.2, 0) is 17.8 Å². The number of hydrogen-bond acceptors (Lipinski definition) is 3. The zero-order valence-corrected chi connectivity index (χ0v) is 12.0. The molecule has 0 amide bonds. The largest absolute Gasteiger partial charge is 0.375 e. The van der Waals surface area contributed by atoms with Gasteiger partial charge in [0, 0.05) is 36.9 Å². The minimum atomic E-state index is 0.110. The second kappa shape index (κ2) is 5.41. The predicted molar refractivity (Wildman–Crippen MR) is 72.4 cm³/mol. The molecule has 2 rings (SSSR count). The van der Waals surface area contributed by atoms with Gasteiger partial charge in [-0.15, -0.1) is 0 Å². The first-order valence-corrected chi connectivity index (χ1v) is 6.89. The zero-order valence-electron chi connectivity index (χ0n) is 12.0. The van der Waals surface area contributed by atoms with Crippen molar-refractivity contribution in [1.82, 2.24) is 14.7 Å². The second-order valence-electron chi connectivity index (χ2n) is 5.93. The van der Waals surface area contributed by atoms with Crippen LogP contribution in [-0.4, -0.2) is 39.5 Å². The van der Waals surface area contributed by atoms with Gasteiger partial charge >= 0.3 is 0 Å². The van der Waals surface area contributed by atoms with Crippen molar-refractivity contribution in [3.63, 3.8) is 0 Å². The first-order chi connectivity index (χ1) is 8.51. The molecule has 2 heterocycles. The average Bonchev–Trinajstić information content (AvgIpc) is 2.72. The molecule has 4 heteroatoms. The van der Waals surface area contributed by atoms with E-state index in [0.29, 0.717) is 6.10 Å². The lowest BCUT2D eigenvalue weighted by molar-refractivity contribution is -0.0949. The lowest BCUT2D eigenvalue weighted by atomic mass is 10.0. The molecule has 1 fully saturated rings. The Balaban J connectivity index is 2.01. The molecule has 0 bridgehead atoms. The summed E-state index contributed by atoms with van der Waals surface area (Å²) in [6, 6.07) is 0. The van der Waals surface area contributed by atoms with Crippen LogP contribution in [0.5, 0.6) is 0 Å². The number of rotatable bonds is 4. The summed E-state index contributed by atoms with van der Waals surface area (Å²) in [5.41, 5.74) is 1.41. The second-order valence-corrected chi connectivity index (χ2v) is 5.93. The fourth-order valence-corrected chi connectivity index (χ4v) is 2.39. The van der Waals surface area contributed by atoms with Crippen molar-refractivity contribution in [1.29, 1.82) is 0 Å². The maximum Gasteiger partial charge on any atom is 0.0675 e. The minimum Gasteiger partial charge on any atom is -0.375 e. The fraction of sp³-hybridized carbons (Fsp3) is 0.786. The number of morpholine rings is 1. The molecule has 1 unspecified atom stereocenters. The van der Waals surface area contributed by atoms with Gasteiger partial charge in [-0.05, 0) is 27.2 Å². The van der Waals surface area contributed by atoms with Crippen molar-refractivity contribution in [3.8, 4) is 0 Å². The highest BCUT2D eigenvalue weighted by atomic mass is 16.5. The van der Waals surface area contributed by atoms with Crippen LogP contribution in [0.25, 0.3) is 0 Å². The zero-order chi connectivity index (χ0) is 13.2. The molecule has 0 spiro atoms. The third-order valence-electron chi connectivity index (χ3n) is 3.57. The molecular formula is C14H25N3O. The Bertz CT molecular complexity index is 386. The normalized spacial score (nSPS) is 24.3. The van der Waals surface area contributed by atoms with Crippen LogP contribution in [0.15, 0.2) is 12.4 Å². The molecule has 1 atom stereocenters. The minimum absolute atomic E-state index is 0.110. The molecule has 18 heavy (non-hydrogen) atoms. The smallest absolute Gasteiger partial charge is 0.0675 e. The van der Waals surface area contributed by atoms with E-state index in [9.17, 15) is 0 Å². The van der Waals surface area contributed by atoms with E-state index >= 15 is 0 Å². The van der Waals surface area contributed by atoms with Gasteiger partial charge in [0.2, 0.25) is 0 Å². The van der Waals surface area contributed by atoms with E-state index in [4.69, 9.17) is 4.74 Å². The first-order valence-electron chi connectivity index (χ1n) is 6.89. The van der Waals surface area contributed by atoms with Gasteiger partial charge < -0.3 is 4.74 Å². The molecule has 0 saturated carbocycles. The summed E-state index contributed by atoms with van der Waals surface area (Å²) in [4.78, 5) is 2.49. The number of aromatic nitrogens is 2. The molecule has 0 N–H and O–H groups in total. The molecule has 1 aliphatic heterocycles. The van der Waals surface area contributed by atoms with E-state index in [-0.39, 0.29) is 5.54 Å². The predicted octanol–water partition coefficient (Wildman–Crippen LogP) is 2.29. The molecule has 0 aromatic carbocycles. The molecular weight excluding hydrogens is 226 g/mol. The Labute approximate surface area is 110 Å². The molecule has 1 aliphatic rings. The Kier molecular flexibility index (Phi) is 4.07. The third-order valence-corrected chi connectivity index (χ3v) is 3.57. The molecule has 0 aliphatic carbocycles. The Morgan fingerprint density at radius 1 is 1.50 bits per heavy atom. The molecule has 1 aromatic rings. The highest BCUT2D eigenvalue weighted by molar-refractivity contribution is 5.05. The van der Waals surface area contributed by atoms with Crippen molar-refractivity contribution in [2.45, 2.75) is 58.8 Å². The Morgan fingerprint density at radius 2 is 2.28 bits per heavy atom. The van der Waals surface area contributed by atoms with Crippen LogP contribution >= 0.6 is 0 Å². The monoisotopic (exact) mass is 251 g/mol. The summed E-state index contributed by atoms with van der Waals surface area (Å²) in [6.45, 7) is 12.6. The van der Waals surface area contributed by atoms with Crippen LogP contribution in [0.3, 0.4) is 0 Å². The quantitative estimate of drug-likeness (QED) is 0.822. The number of nitrogens with zero attached hydrogens (tertiary/aromatic N) is 3. The van der Waals surface area contributed by atoms with E-state index in [2.05, 4.69) is 43.9 Å². The topological polar surface area (TPSA) is 30.3 Å². The van der Waals surface area contributed by atoms with E-state index in [1.165, 1.54) is 5.56 Å². The average molecular weight is 251 g/mol. The summed E-state index contributed by atoms with van der Waals surface area (Å²) in [5, 5.41) is 4.40. The summed E-state index contributed by atoms with van der Waals surface area (Å²) in [7, 11) is 0. The Morgan fingerprint density at radius 3 is 3.00 bits per heavy atom. The van der Waals surface area contributed by atoms with Crippen LogP contribution in [0.2, 0.25) is 0 Å². The SMILES string of the molecule is CCCn1cc(CN2CC(C)OCC2(C)C)cn1.